The van der Waals surface area contributed by atoms with Gasteiger partial charge >= 0.3 is 12.0 Å². The van der Waals surface area contributed by atoms with E-state index in [-0.39, 0.29) is 19.0 Å². The first kappa shape index (κ1) is 12.7. The molecule has 0 fully saturated rings. The molecule has 0 unspecified atom stereocenters. The van der Waals surface area contributed by atoms with Crippen LogP contribution < -0.4 is 5.73 Å². The van der Waals surface area contributed by atoms with Crippen LogP contribution in [0.4, 0.5) is 4.79 Å². The van der Waals surface area contributed by atoms with E-state index in [2.05, 4.69) is 4.74 Å². The molecule has 0 aromatic heterocycles. The largest absolute Gasteiger partial charge is 0.468 e. The van der Waals surface area contributed by atoms with Gasteiger partial charge in [-0.1, -0.05) is 0 Å². The van der Waals surface area contributed by atoms with Crippen molar-refractivity contribution in [3.8, 4) is 0 Å². The summed E-state index contributed by atoms with van der Waals surface area (Å²) in [6, 6.07) is -0.648. The number of hydrogen-bond donors (Lipinski definition) is 1. The first-order valence-corrected chi connectivity index (χ1v) is 2.65. The molecular weight excluding hydrogens is 172 g/mol. The third kappa shape index (κ3) is 5.47. The molecule has 0 aliphatic carbocycles. The molecule has 0 aliphatic rings. The van der Waals surface area contributed by atoms with E-state index in [0.717, 1.165) is 4.90 Å². The zero-order valence-electron chi connectivity index (χ0n) is 6.36. The van der Waals surface area contributed by atoms with Crippen molar-refractivity contribution in [1.82, 2.24) is 4.90 Å². The van der Waals surface area contributed by atoms with Gasteiger partial charge in [-0.15, -0.1) is 12.4 Å². The Morgan fingerprint density at radius 3 is 2.27 bits per heavy atom. The number of primary amides is 1. The van der Waals surface area contributed by atoms with E-state index in [1.54, 1.807) is 0 Å². The van der Waals surface area contributed by atoms with E-state index >= 15 is 0 Å². The lowest BCUT2D eigenvalue weighted by atomic mass is 10.6. The molecule has 5 nitrogen and oxygen atoms in total. The predicted octanol–water partition coefficient (Wildman–Crippen LogP) is -0.408. The number of likely N-dealkylation sites (N-methyl/N-ethyl adjacent to an activating group) is 1. The van der Waals surface area contributed by atoms with E-state index in [1.165, 1.54) is 14.2 Å². The molecule has 2 N–H and O–H groups in total. The SMILES string of the molecule is COC(=O)CN(C)C(N)=O.Cl. The highest BCUT2D eigenvalue weighted by molar-refractivity contribution is 5.85. The number of carbonyl (C=O) groups excluding carboxylic acids is 2. The van der Waals surface area contributed by atoms with Crippen molar-refractivity contribution >= 4 is 24.4 Å². The fraction of sp³-hybridized carbons (Fsp3) is 0.600. The average Bonchev–Trinajstić information content (AvgIpc) is 1.87. The summed E-state index contributed by atoms with van der Waals surface area (Å²) in [4.78, 5) is 21.8. The molecule has 0 bridgehead atoms. The maximum atomic E-state index is 10.5. The molecule has 2 amide bonds. The number of urea groups is 1. The molecule has 0 saturated carbocycles. The number of hydrogen-bond acceptors (Lipinski definition) is 3. The Balaban J connectivity index is 0. The Labute approximate surface area is 70.9 Å². The van der Waals surface area contributed by atoms with Crippen molar-refractivity contribution in [3.63, 3.8) is 0 Å². The van der Waals surface area contributed by atoms with Crippen LogP contribution in [0.25, 0.3) is 0 Å². The van der Waals surface area contributed by atoms with Crippen LogP contribution >= 0.6 is 12.4 Å². The standard InChI is InChI=1S/C5H10N2O3.ClH/c1-7(5(6)9)3-4(8)10-2;/h3H2,1-2H3,(H2,6,9);1H. The summed E-state index contributed by atoms with van der Waals surface area (Å²) in [5.74, 6) is -0.485. The highest BCUT2D eigenvalue weighted by Gasteiger charge is 2.07. The Morgan fingerprint density at radius 1 is 1.55 bits per heavy atom. The van der Waals surface area contributed by atoms with Crippen LogP contribution in [0.15, 0.2) is 0 Å². The van der Waals surface area contributed by atoms with Gasteiger partial charge in [0.1, 0.15) is 6.54 Å². The molecule has 0 rings (SSSR count). The van der Waals surface area contributed by atoms with Crippen LogP contribution in [0.3, 0.4) is 0 Å². The van der Waals surface area contributed by atoms with Crippen molar-refractivity contribution in [3.05, 3.63) is 0 Å². The summed E-state index contributed by atoms with van der Waals surface area (Å²) in [6.07, 6.45) is 0. The lowest BCUT2D eigenvalue weighted by Crippen LogP contribution is -2.36. The van der Waals surface area contributed by atoms with Gasteiger partial charge in [-0.05, 0) is 0 Å². The van der Waals surface area contributed by atoms with Gasteiger partial charge in [0.15, 0.2) is 0 Å². The molecular formula is C5H11ClN2O3. The molecule has 0 atom stereocenters. The highest BCUT2D eigenvalue weighted by atomic mass is 35.5. The summed E-state index contributed by atoms with van der Waals surface area (Å²) >= 11 is 0. The molecule has 0 aromatic carbocycles. The number of halogens is 1. The van der Waals surface area contributed by atoms with Crippen molar-refractivity contribution < 1.29 is 14.3 Å². The Morgan fingerprint density at radius 2 is 2.00 bits per heavy atom. The summed E-state index contributed by atoms with van der Waals surface area (Å²) < 4.78 is 4.28. The van der Waals surface area contributed by atoms with E-state index in [1.807, 2.05) is 0 Å². The molecule has 0 radical (unpaired) electrons. The second kappa shape index (κ2) is 5.79. The molecule has 0 aliphatic heterocycles. The second-order valence-electron chi connectivity index (χ2n) is 1.77. The number of carbonyl (C=O) groups is 2. The topological polar surface area (TPSA) is 72.6 Å². The van der Waals surface area contributed by atoms with Gasteiger partial charge in [-0.3, -0.25) is 4.79 Å². The molecule has 0 heterocycles. The first-order valence-electron chi connectivity index (χ1n) is 2.65. The monoisotopic (exact) mass is 182 g/mol. The average molecular weight is 183 g/mol. The van der Waals surface area contributed by atoms with Gasteiger partial charge < -0.3 is 15.4 Å². The van der Waals surface area contributed by atoms with E-state index < -0.39 is 12.0 Å². The van der Waals surface area contributed by atoms with Crippen LogP contribution in [-0.2, 0) is 9.53 Å². The smallest absolute Gasteiger partial charge is 0.325 e. The first-order chi connectivity index (χ1) is 4.57. The number of amides is 2. The third-order valence-corrected chi connectivity index (χ3v) is 0.970. The number of nitrogens with two attached hydrogens (primary N) is 1. The van der Waals surface area contributed by atoms with Crippen LogP contribution in [0.2, 0.25) is 0 Å². The van der Waals surface area contributed by atoms with Crippen LogP contribution in [-0.4, -0.2) is 37.6 Å². The van der Waals surface area contributed by atoms with Gasteiger partial charge in [0.2, 0.25) is 0 Å². The third-order valence-electron chi connectivity index (χ3n) is 0.970. The van der Waals surface area contributed by atoms with Crippen molar-refractivity contribution in [2.24, 2.45) is 5.73 Å². The predicted molar refractivity (Wildman–Crippen MR) is 41.5 cm³/mol. The molecule has 0 saturated heterocycles. The van der Waals surface area contributed by atoms with Gasteiger partial charge in [0, 0.05) is 7.05 Å². The van der Waals surface area contributed by atoms with Crippen LogP contribution in [0, 0.1) is 0 Å². The quantitative estimate of drug-likeness (QED) is 0.591. The molecule has 0 aromatic rings. The van der Waals surface area contributed by atoms with Crippen molar-refractivity contribution in [2.45, 2.75) is 0 Å². The van der Waals surface area contributed by atoms with Gasteiger partial charge in [0.05, 0.1) is 7.11 Å². The Bertz CT molecular complexity index is 151. The second-order valence-corrected chi connectivity index (χ2v) is 1.77. The van der Waals surface area contributed by atoms with E-state index in [0.29, 0.717) is 0 Å². The number of esters is 1. The minimum atomic E-state index is -0.648. The zero-order valence-corrected chi connectivity index (χ0v) is 7.18. The van der Waals surface area contributed by atoms with E-state index in [9.17, 15) is 9.59 Å². The van der Waals surface area contributed by atoms with Gasteiger partial charge in [-0.25, -0.2) is 4.79 Å². The minimum absolute atomic E-state index is 0. The Hall–Kier alpha value is -0.970. The van der Waals surface area contributed by atoms with Crippen molar-refractivity contribution in [1.29, 1.82) is 0 Å². The fourth-order valence-electron chi connectivity index (χ4n) is 0.336. The van der Waals surface area contributed by atoms with Gasteiger partial charge in [0.25, 0.3) is 0 Å². The Kier molecular flexibility index (Phi) is 6.67. The van der Waals surface area contributed by atoms with Crippen molar-refractivity contribution in [2.75, 3.05) is 20.7 Å². The maximum absolute atomic E-state index is 10.5. The lowest BCUT2D eigenvalue weighted by molar-refractivity contribution is -0.140. The number of rotatable bonds is 2. The number of nitrogens with zero attached hydrogens (tertiary/aromatic N) is 1. The normalized spacial score (nSPS) is 7.82. The number of ether oxygens (including phenoxy) is 1. The highest BCUT2D eigenvalue weighted by Crippen LogP contribution is 1.82. The van der Waals surface area contributed by atoms with Crippen LogP contribution in [0.5, 0.6) is 0 Å². The maximum Gasteiger partial charge on any atom is 0.325 e. The molecule has 0 spiro atoms. The van der Waals surface area contributed by atoms with E-state index in [4.69, 9.17) is 5.73 Å². The zero-order chi connectivity index (χ0) is 8.15. The molecule has 6 heteroatoms. The molecule has 11 heavy (non-hydrogen) atoms. The number of methoxy groups -OCH3 is 1. The van der Waals surface area contributed by atoms with Gasteiger partial charge in [-0.2, -0.15) is 0 Å². The molecule has 66 valence electrons. The summed E-state index contributed by atoms with van der Waals surface area (Å²) in [6.45, 7) is -0.105. The summed E-state index contributed by atoms with van der Waals surface area (Å²) in [5, 5.41) is 0. The minimum Gasteiger partial charge on any atom is -0.468 e. The van der Waals surface area contributed by atoms with Crippen LogP contribution in [0.1, 0.15) is 0 Å². The summed E-state index contributed by atoms with van der Waals surface area (Å²) in [5.41, 5.74) is 4.82. The fourth-order valence-corrected chi connectivity index (χ4v) is 0.336. The lowest BCUT2D eigenvalue weighted by Gasteiger charge is -2.10. The summed E-state index contributed by atoms with van der Waals surface area (Å²) in [7, 11) is 2.66.